The summed E-state index contributed by atoms with van der Waals surface area (Å²) in [5.74, 6) is -0.813. The SMILES string of the molecule is CCCCCCCCCCCCCCCCCC(=O)OC[C@H](COP(=O)(O)OCC[N+](C)(C)C)OC(=O)CCCCCC. The fourth-order valence-electron chi connectivity index (χ4n) is 4.60. The maximum absolute atomic E-state index is 12.3. The van der Waals surface area contributed by atoms with E-state index in [0.717, 1.165) is 38.5 Å². The summed E-state index contributed by atoms with van der Waals surface area (Å²) in [6, 6.07) is 0. The highest BCUT2D eigenvalue weighted by atomic mass is 31.2. The third-order valence-corrected chi connectivity index (χ3v) is 8.37. The minimum Gasteiger partial charge on any atom is -0.462 e. The van der Waals surface area contributed by atoms with Crippen LogP contribution in [0.5, 0.6) is 0 Å². The van der Waals surface area contributed by atoms with Crippen molar-refractivity contribution in [2.24, 2.45) is 0 Å². The van der Waals surface area contributed by atoms with E-state index in [0.29, 0.717) is 23.9 Å². The van der Waals surface area contributed by atoms with E-state index in [1.807, 2.05) is 21.1 Å². The second kappa shape index (κ2) is 27.3. The van der Waals surface area contributed by atoms with Gasteiger partial charge in [0.25, 0.3) is 0 Å². The van der Waals surface area contributed by atoms with Crippen molar-refractivity contribution >= 4 is 19.8 Å². The third kappa shape index (κ3) is 30.8. The van der Waals surface area contributed by atoms with E-state index < -0.39 is 26.5 Å². The number of hydrogen-bond donors (Lipinski definition) is 1. The molecule has 0 aromatic heterocycles. The van der Waals surface area contributed by atoms with Gasteiger partial charge in [0.1, 0.15) is 19.8 Å². The number of ether oxygens (including phenoxy) is 2. The van der Waals surface area contributed by atoms with Crippen LogP contribution in [-0.4, -0.2) is 74.9 Å². The molecule has 9 nitrogen and oxygen atoms in total. The van der Waals surface area contributed by atoms with Crippen molar-refractivity contribution < 1.29 is 42.1 Å². The summed E-state index contributed by atoms with van der Waals surface area (Å²) in [4.78, 5) is 34.7. The standard InChI is InChI=1S/C33H66NO8P/c1-6-8-10-12-13-14-15-16-17-18-19-20-21-22-24-25-32(35)39-29-31(42-33(36)26-23-11-9-7-2)30-41-43(37,38)40-28-27-34(3,4)5/h31H,6-30H2,1-5H3/p+1/t31-/m1/s1. The van der Waals surface area contributed by atoms with Crippen LogP contribution in [0.3, 0.4) is 0 Å². The molecule has 0 spiro atoms. The van der Waals surface area contributed by atoms with Crippen molar-refractivity contribution in [2.45, 2.75) is 155 Å². The van der Waals surface area contributed by atoms with Crippen molar-refractivity contribution in [3.63, 3.8) is 0 Å². The first-order valence-electron chi connectivity index (χ1n) is 17.3. The molecule has 0 saturated carbocycles. The molecule has 0 aliphatic rings. The van der Waals surface area contributed by atoms with Crippen LogP contribution in [0.2, 0.25) is 0 Å². The van der Waals surface area contributed by atoms with Crippen LogP contribution >= 0.6 is 7.82 Å². The minimum absolute atomic E-state index is 0.0351. The average Bonchev–Trinajstić information content (AvgIpc) is 2.94. The number of esters is 2. The summed E-state index contributed by atoms with van der Waals surface area (Å²) >= 11 is 0. The van der Waals surface area contributed by atoms with Crippen molar-refractivity contribution in [3.05, 3.63) is 0 Å². The first kappa shape index (κ1) is 42.0. The molecule has 0 amide bonds. The summed E-state index contributed by atoms with van der Waals surface area (Å²) in [5, 5.41) is 0. The number of phosphoric acid groups is 1. The zero-order valence-electron chi connectivity index (χ0n) is 28.5. The summed E-state index contributed by atoms with van der Waals surface area (Å²) in [5.41, 5.74) is 0. The Morgan fingerprint density at radius 2 is 1.05 bits per heavy atom. The number of carbonyl (C=O) groups excluding carboxylic acids is 2. The van der Waals surface area contributed by atoms with Gasteiger partial charge in [-0.2, -0.15) is 0 Å². The molecule has 0 aromatic rings. The summed E-state index contributed by atoms with van der Waals surface area (Å²) in [6.07, 6.45) is 22.1. The van der Waals surface area contributed by atoms with Gasteiger partial charge in [-0.05, 0) is 12.8 Å². The van der Waals surface area contributed by atoms with E-state index in [-0.39, 0.29) is 25.6 Å². The smallest absolute Gasteiger partial charge is 0.462 e. The summed E-state index contributed by atoms with van der Waals surface area (Å²) in [7, 11) is 1.48. The Bertz CT molecular complexity index is 728. The van der Waals surface area contributed by atoms with Crippen LogP contribution < -0.4 is 0 Å². The van der Waals surface area contributed by atoms with Crippen LogP contribution in [0.15, 0.2) is 0 Å². The lowest BCUT2D eigenvalue weighted by atomic mass is 10.0. The predicted octanol–water partition coefficient (Wildman–Crippen LogP) is 8.51. The number of likely N-dealkylation sites (N-methyl/N-ethyl adjacent to an activating group) is 1. The number of rotatable bonds is 31. The Kier molecular flexibility index (Phi) is 26.7. The average molecular weight is 637 g/mol. The molecule has 0 fully saturated rings. The highest BCUT2D eigenvalue weighted by molar-refractivity contribution is 7.47. The molecule has 0 heterocycles. The quantitative estimate of drug-likeness (QED) is 0.0349. The summed E-state index contributed by atoms with van der Waals surface area (Å²) in [6.45, 7) is 4.28. The number of carbonyl (C=O) groups is 2. The minimum atomic E-state index is -4.34. The number of unbranched alkanes of at least 4 members (excludes halogenated alkanes) is 17. The topological polar surface area (TPSA) is 108 Å². The van der Waals surface area contributed by atoms with Crippen molar-refractivity contribution in [1.29, 1.82) is 0 Å². The lowest BCUT2D eigenvalue weighted by molar-refractivity contribution is -0.870. The molecule has 0 bridgehead atoms. The van der Waals surface area contributed by atoms with E-state index in [4.69, 9.17) is 18.5 Å². The van der Waals surface area contributed by atoms with Gasteiger partial charge in [0.05, 0.1) is 27.7 Å². The zero-order valence-corrected chi connectivity index (χ0v) is 29.3. The molecule has 0 aliphatic carbocycles. The molecule has 0 radical (unpaired) electrons. The Morgan fingerprint density at radius 1 is 0.628 bits per heavy atom. The van der Waals surface area contributed by atoms with E-state index in [9.17, 15) is 19.0 Å². The lowest BCUT2D eigenvalue weighted by Crippen LogP contribution is -2.37. The largest absolute Gasteiger partial charge is 0.472 e. The Morgan fingerprint density at radius 3 is 1.51 bits per heavy atom. The second-order valence-electron chi connectivity index (χ2n) is 12.9. The van der Waals surface area contributed by atoms with E-state index in [2.05, 4.69) is 13.8 Å². The van der Waals surface area contributed by atoms with E-state index in [1.165, 1.54) is 77.0 Å². The molecule has 43 heavy (non-hydrogen) atoms. The fraction of sp³-hybridized carbons (Fsp3) is 0.939. The highest BCUT2D eigenvalue weighted by Gasteiger charge is 2.27. The van der Waals surface area contributed by atoms with Gasteiger partial charge in [-0.15, -0.1) is 0 Å². The zero-order chi connectivity index (χ0) is 32.2. The molecule has 0 rings (SSSR count). The molecular weight excluding hydrogens is 569 g/mol. The van der Waals surface area contributed by atoms with Crippen LogP contribution in [0, 0.1) is 0 Å². The van der Waals surface area contributed by atoms with Crippen LogP contribution in [0.1, 0.15) is 149 Å². The molecule has 1 N–H and O–H groups in total. The predicted molar refractivity (Wildman–Crippen MR) is 174 cm³/mol. The molecular formula is C33H67NO8P+. The molecule has 0 aliphatic heterocycles. The number of quaternary nitrogens is 1. The lowest BCUT2D eigenvalue weighted by Gasteiger charge is -2.24. The van der Waals surface area contributed by atoms with Crippen LogP contribution in [-0.2, 0) is 32.7 Å². The normalized spacial score (nSPS) is 13.9. The molecule has 10 heteroatoms. The van der Waals surface area contributed by atoms with Crippen LogP contribution in [0.4, 0.5) is 0 Å². The number of nitrogens with zero attached hydrogens (tertiary/aromatic N) is 1. The fourth-order valence-corrected chi connectivity index (χ4v) is 5.34. The first-order valence-corrected chi connectivity index (χ1v) is 18.8. The van der Waals surface area contributed by atoms with Crippen molar-refractivity contribution in [3.8, 4) is 0 Å². The van der Waals surface area contributed by atoms with Gasteiger partial charge in [0.2, 0.25) is 0 Å². The molecule has 0 aromatic carbocycles. The monoisotopic (exact) mass is 636 g/mol. The maximum atomic E-state index is 12.3. The van der Waals surface area contributed by atoms with Gasteiger partial charge in [-0.1, -0.05) is 123 Å². The highest BCUT2D eigenvalue weighted by Crippen LogP contribution is 2.43. The van der Waals surface area contributed by atoms with E-state index >= 15 is 0 Å². The molecule has 1 unspecified atom stereocenters. The molecule has 256 valence electrons. The molecule has 0 saturated heterocycles. The van der Waals surface area contributed by atoms with Gasteiger partial charge in [-0.25, -0.2) is 4.57 Å². The maximum Gasteiger partial charge on any atom is 0.472 e. The van der Waals surface area contributed by atoms with Crippen molar-refractivity contribution in [2.75, 3.05) is 47.5 Å². The van der Waals surface area contributed by atoms with Gasteiger partial charge < -0.3 is 18.9 Å². The second-order valence-corrected chi connectivity index (χ2v) is 14.4. The Labute approximate surface area is 264 Å². The van der Waals surface area contributed by atoms with Gasteiger partial charge >= 0.3 is 19.8 Å². The molecule has 2 atom stereocenters. The van der Waals surface area contributed by atoms with Gasteiger partial charge in [0.15, 0.2) is 6.10 Å². The first-order chi connectivity index (χ1) is 20.5. The Balaban J connectivity index is 4.22. The summed E-state index contributed by atoms with van der Waals surface area (Å²) < 4.78 is 33.8. The van der Waals surface area contributed by atoms with Crippen molar-refractivity contribution in [1.82, 2.24) is 0 Å². The van der Waals surface area contributed by atoms with Gasteiger partial charge in [0, 0.05) is 12.8 Å². The third-order valence-electron chi connectivity index (χ3n) is 7.39. The number of hydrogen-bond acceptors (Lipinski definition) is 7. The van der Waals surface area contributed by atoms with Gasteiger partial charge in [-0.3, -0.25) is 18.6 Å². The Hall–Kier alpha value is -0.990. The van der Waals surface area contributed by atoms with E-state index in [1.54, 1.807) is 0 Å². The van der Waals surface area contributed by atoms with Crippen LogP contribution in [0.25, 0.3) is 0 Å². The number of phosphoric ester groups is 1.